The zero-order chi connectivity index (χ0) is 37.1. The van der Waals surface area contributed by atoms with Gasteiger partial charge in [0, 0.05) is 32.9 Å². The molecule has 10 rings (SSSR count). The number of fused-ring (bicyclic) bond motifs is 6. The summed E-state index contributed by atoms with van der Waals surface area (Å²) in [6.07, 6.45) is 0. The van der Waals surface area contributed by atoms with Crippen LogP contribution < -0.4 is 15.6 Å². The molecule has 0 atom stereocenters. The smallest absolute Gasteiger partial charge is 0.156 e. The highest BCUT2D eigenvalue weighted by Crippen LogP contribution is 2.41. The van der Waals surface area contributed by atoms with Gasteiger partial charge < -0.3 is 9.13 Å². The molecule has 0 unspecified atom stereocenters. The van der Waals surface area contributed by atoms with Gasteiger partial charge in [-0.3, -0.25) is 0 Å². The summed E-state index contributed by atoms with van der Waals surface area (Å²) in [5, 5.41) is 9.30. The fraction of sp³-hybridized carbons (Fsp3) is 0.0769. The summed E-state index contributed by atoms with van der Waals surface area (Å²) in [6, 6.07) is 74.3. The number of aromatic nitrogens is 2. The van der Waals surface area contributed by atoms with Gasteiger partial charge in [0.25, 0.3) is 0 Å². The lowest BCUT2D eigenvalue weighted by molar-refractivity contribution is 0.739. The van der Waals surface area contributed by atoms with E-state index in [9.17, 15) is 0 Å². The van der Waals surface area contributed by atoms with E-state index in [1.54, 1.807) is 0 Å². The molecule has 2 nitrogen and oxygen atoms in total. The van der Waals surface area contributed by atoms with Crippen LogP contribution in [0.15, 0.2) is 200 Å². The van der Waals surface area contributed by atoms with Gasteiger partial charge in [0.05, 0.1) is 22.1 Å². The molecule has 2 aromatic heterocycles. The first-order valence-corrected chi connectivity index (χ1v) is 21.3. The van der Waals surface area contributed by atoms with Gasteiger partial charge in [-0.1, -0.05) is 178 Å². The molecule has 0 fully saturated rings. The van der Waals surface area contributed by atoms with E-state index in [1.165, 1.54) is 76.0 Å². The van der Waals surface area contributed by atoms with E-state index in [0.717, 1.165) is 5.69 Å². The summed E-state index contributed by atoms with van der Waals surface area (Å²) in [5.41, 5.74) is 9.71. The first-order valence-electron chi connectivity index (χ1n) is 19.3. The van der Waals surface area contributed by atoms with Crippen molar-refractivity contribution in [2.45, 2.75) is 25.8 Å². The quantitative estimate of drug-likeness (QED) is 0.119. The predicted molar refractivity (Wildman–Crippen MR) is 238 cm³/mol. The van der Waals surface area contributed by atoms with Crippen LogP contribution in [0.1, 0.15) is 20.8 Å². The van der Waals surface area contributed by atoms with Crippen molar-refractivity contribution >= 4 is 67.2 Å². The Labute approximate surface area is 323 Å². The standard InChI is InChI=1S/C52H42N2Si/c1-52(2,3)55(41-20-9-5-10-21-41,42-22-11-6-12-23-42)50-29-17-26-45-43-24-13-16-28-48(43)54(51(45)50)40-34-35-49-46(36-40)44-25-14-15-27-47(44)53(49)39-32-30-38(31-33-39)37-18-7-4-8-19-37/h4-36H,1-3H3. The molecule has 2 heterocycles. The molecule has 0 saturated carbocycles. The molecular formula is C52H42N2Si. The second kappa shape index (κ2) is 12.9. The van der Waals surface area contributed by atoms with Crippen molar-refractivity contribution in [3.8, 4) is 22.5 Å². The van der Waals surface area contributed by atoms with Crippen molar-refractivity contribution in [1.82, 2.24) is 9.13 Å². The summed E-state index contributed by atoms with van der Waals surface area (Å²) < 4.78 is 4.99. The van der Waals surface area contributed by atoms with Crippen molar-refractivity contribution in [2.75, 3.05) is 0 Å². The van der Waals surface area contributed by atoms with Gasteiger partial charge in [-0.15, -0.1) is 0 Å². The minimum atomic E-state index is -2.71. The topological polar surface area (TPSA) is 9.86 Å². The minimum absolute atomic E-state index is 0.0568. The molecule has 0 aliphatic carbocycles. The van der Waals surface area contributed by atoms with E-state index < -0.39 is 8.07 Å². The van der Waals surface area contributed by atoms with Crippen LogP contribution in [-0.2, 0) is 0 Å². The van der Waals surface area contributed by atoms with Crippen molar-refractivity contribution in [3.05, 3.63) is 200 Å². The lowest BCUT2D eigenvalue weighted by Crippen LogP contribution is -2.72. The van der Waals surface area contributed by atoms with Crippen LogP contribution in [0.5, 0.6) is 0 Å². The van der Waals surface area contributed by atoms with E-state index in [1.807, 2.05) is 0 Å². The average Bonchev–Trinajstić information content (AvgIpc) is 3.75. The minimum Gasteiger partial charge on any atom is -0.309 e. The molecule has 0 aliphatic rings. The summed E-state index contributed by atoms with van der Waals surface area (Å²) in [6.45, 7) is 7.37. The largest absolute Gasteiger partial charge is 0.309 e. The molecule has 3 heteroatoms. The molecule has 10 aromatic rings. The van der Waals surface area contributed by atoms with Crippen LogP contribution in [0, 0.1) is 0 Å². The van der Waals surface area contributed by atoms with Crippen molar-refractivity contribution in [3.63, 3.8) is 0 Å². The lowest BCUT2D eigenvalue weighted by Gasteiger charge is -2.45. The Bertz CT molecular complexity index is 2950. The van der Waals surface area contributed by atoms with Crippen LogP contribution in [-0.4, -0.2) is 17.2 Å². The number of hydrogen-bond donors (Lipinski definition) is 0. The van der Waals surface area contributed by atoms with Crippen LogP contribution >= 0.6 is 0 Å². The Kier molecular flexibility index (Phi) is 7.76. The number of rotatable bonds is 6. The van der Waals surface area contributed by atoms with Crippen LogP contribution in [0.4, 0.5) is 0 Å². The molecule has 0 amide bonds. The highest BCUT2D eigenvalue weighted by Gasteiger charge is 2.50. The van der Waals surface area contributed by atoms with E-state index in [2.05, 4.69) is 230 Å². The first kappa shape index (κ1) is 33.2. The second-order valence-electron chi connectivity index (χ2n) is 15.8. The Morgan fingerprint density at radius 1 is 0.364 bits per heavy atom. The molecule has 55 heavy (non-hydrogen) atoms. The molecule has 0 saturated heterocycles. The molecule has 0 N–H and O–H groups in total. The third-order valence-corrected chi connectivity index (χ3v) is 17.6. The highest BCUT2D eigenvalue weighted by molar-refractivity contribution is 7.14. The summed E-state index contributed by atoms with van der Waals surface area (Å²) in [4.78, 5) is 0. The Morgan fingerprint density at radius 2 is 0.836 bits per heavy atom. The van der Waals surface area contributed by atoms with Gasteiger partial charge in [0.15, 0.2) is 8.07 Å². The lowest BCUT2D eigenvalue weighted by atomic mass is 10.1. The van der Waals surface area contributed by atoms with Gasteiger partial charge in [-0.05, 0) is 74.2 Å². The van der Waals surface area contributed by atoms with Gasteiger partial charge >= 0.3 is 0 Å². The monoisotopic (exact) mass is 722 g/mol. The van der Waals surface area contributed by atoms with E-state index in [-0.39, 0.29) is 5.04 Å². The maximum atomic E-state index is 2.57. The second-order valence-corrected chi connectivity index (χ2v) is 20.4. The zero-order valence-electron chi connectivity index (χ0n) is 31.4. The average molecular weight is 723 g/mol. The Balaban J connectivity index is 1.27. The van der Waals surface area contributed by atoms with Gasteiger partial charge in [0.1, 0.15) is 0 Å². The van der Waals surface area contributed by atoms with E-state index in [4.69, 9.17) is 0 Å². The number of hydrogen-bond acceptors (Lipinski definition) is 0. The van der Waals surface area contributed by atoms with Gasteiger partial charge in [-0.25, -0.2) is 0 Å². The van der Waals surface area contributed by atoms with Crippen molar-refractivity contribution in [2.24, 2.45) is 0 Å². The van der Waals surface area contributed by atoms with Crippen molar-refractivity contribution in [1.29, 1.82) is 0 Å². The van der Waals surface area contributed by atoms with Crippen LogP contribution in [0.2, 0.25) is 5.04 Å². The van der Waals surface area contributed by atoms with Crippen molar-refractivity contribution < 1.29 is 0 Å². The van der Waals surface area contributed by atoms with Gasteiger partial charge in [-0.2, -0.15) is 0 Å². The number of para-hydroxylation sites is 3. The number of benzene rings is 8. The van der Waals surface area contributed by atoms with Crippen LogP contribution in [0.25, 0.3) is 66.1 Å². The summed E-state index contributed by atoms with van der Waals surface area (Å²) in [5.74, 6) is 0. The molecule has 0 bridgehead atoms. The predicted octanol–water partition coefficient (Wildman–Crippen LogP) is 11.8. The molecular weight excluding hydrogens is 681 g/mol. The Morgan fingerprint density at radius 3 is 1.45 bits per heavy atom. The Hall–Kier alpha value is -6.42. The summed E-state index contributed by atoms with van der Waals surface area (Å²) >= 11 is 0. The molecule has 0 radical (unpaired) electrons. The third kappa shape index (κ3) is 5.07. The maximum absolute atomic E-state index is 2.71. The fourth-order valence-electron chi connectivity index (χ4n) is 9.53. The third-order valence-electron chi connectivity index (χ3n) is 11.8. The normalized spacial score (nSPS) is 12.3. The zero-order valence-corrected chi connectivity index (χ0v) is 32.4. The molecule has 0 spiro atoms. The highest BCUT2D eigenvalue weighted by atomic mass is 28.3. The molecule has 0 aliphatic heterocycles. The maximum Gasteiger partial charge on any atom is 0.156 e. The first-order chi connectivity index (χ1) is 26.9. The van der Waals surface area contributed by atoms with E-state index >= 15 is 0 Å². The number of nitrogens with zero attached hydrogens (tertiary/aromatic N) is 2. The fourth-order valence-corrected chi connectivity index (χ4v) is 15.4. The molecule has 8 aromatic carbocycles. The SMILES string of the molecule is CC(C)(C)[Si](c1ccccc1)(c1ccccc1)c1cccc2c3ccccc3n(-c3ccc4c(c3)c3ccccc3n4-c3ccc(-c4ccccc4)cc3)c12. The van der Waals surface area contributed by atoms with E-state index in [0.29, 0.717) is 0 Å². The molecule has 264 valence electrons. The van der Waals surface area contributed by atoms with Gasteiger partial charge in [0.2, 0.25) is 0 Å². The van der Waals surface area contributed by atoms with Crippen LogP contribution in [0.3, 0.4) is 0 Å². The summed E-state index contributed by atoms with van der Waals surface area (Å²) in [7, 11) is -2.71.